The van der Waals surface area contributed by atoms with Gasteiger partial charge in [-0.15, -0.1) is 0 Å². The molecule has 0 aliphatic rings. The van der Waals surface area contributed by atoms with E-state index in [0.717, 1.165) is 0 Å². The highest BCUT2D eigenvalue weighted by molar-refractivity contribution is 7.08. The highest BCUT2D eigenvalue weighted by Gasteiger charge is 2.49. The second-order valence-corrected chi connectivity index (χ2v) is 5.71. The van der Waals surface area contributed by atoms with E-state index in [4.69, 9.17) is 10.5 Å². The molecule has 5 nitrogen and oxygen atoms in total. The first-order chi connectivity index (χ1) is 8.24. The van der Waals surface area contributed by atoms with Crippen LogP contribution in [0.5, 0.6) is 0 Å². The van der Waals surface area contributed by atoms with Crippen LogP contribution < -0.4 is 5.73 Å². The molecule has 0 aromatic carbocycles. The lowest BCUT2D eigenvalue weighted by Gasteiger charge is -2.29. The lowest BCUT2D eigenvalue weighted by atomic mass is 9.82. The fraction of sp³-hybridized carbons (Fsp3) is 0.500. The van der Waals surface area contributed by atoms with E-state index in [-0.39, 0.29) is 6.54 Å². The number of nitrogens with two attached hydrogens (primary N) is 1. The smallest absolute Gasteiger partial charge is 0.329 e. The van der Waals surface area contributed by atoms with Crippen LogP contribution in [0.15, 0.2) is 16.8 Å². The van der Waals surface area contributed by atoms with E-state index in [1.807, 2.05) is 0 Å². The van der Waals surface area contributed by atoms with Gasteiger partial charge in [0, 0.05) is 6.54 Å². The minimum Gasteiger partial charge on any atom is -0.480 e. The Balaban J connectivity index is 3.22. The predicted octanol–water partition coefficient (Wildman–Crippen LogP) is 1.37. The Labute approximate surface area is 110 Å². The van der Waals surface area contributed by atoms with Crippen molar-refractivity contribution >= 4 is 23.3 Å². The number of hydrogen-bond donors (Lipinski definition) is 2. The summed E-state index contributed by atoms with van der Waals surface area (Å²) in [7, 11) is 0. The van der Waals surface area contributed by atoms with Crippen LogP contribution in [0, 0.1) is 0 Å². The van der Waals surface area contributed by atoms with Crippen molar-refractivity contribution in [2.75, 3.05) is 6.54 Å². The number of rotatable bonds is 4. The monoisotopic (exact) mass is 271 g/mol. The van der Waals surface area contributed by atoms with Gasteiger partial charge in [0.05, 0.1) is 0 Å². The van der Waals surface area contributed by atoms with Crippen LogP contribution in [0.2, 0.25) is 0 Å². The highest BCUT2D eigenvalue weighted by Crippen LogP contribution is 2.29. The maximum absolute atomic E-state index is 12.2. The maximum atomic E-state index is 12.2. The van der Waals surface area contributed by atoms with Gasteiger partial charge in [-0.25, -0.2) is 0 Å². The lowest BCUT2D eigenvalue weighted by molar-refractivity contribution is -0.169. The third-order valence-corrected chi connectivity index (χ3v) is 3.12. The molecule has 0 saturated carbocycles. The number of aliphatic carboxylic acids is 1. The topological polar surface area (TPSA) is 89.6 Å². The zero-order valence-electron chi connectivity index (χ0n) is 10.6. The van der Waals surface area contributed by atoms with Gasteiger partial charge < -0.3 is 15.6 Å². The minimum atomic E-state index is -1.83. The third kappa shape index (κ3) is 2.70. The summed E-state index contributed by atoms with van der Waals surface area (Å²) >= 11 is 1.31. The van der Waals surface area contributed by atoms with E-state index < -0.39 is 23.0 Å². The largest absolute Gasteiger partial charge is 0.480 e. The fourth-order valence-corrected chi connectivity index (χ4v) is 2.22. The number of carbonyl (C=O) groups is 2. The number of hydrogen-bond acceptors (Lipinski definition) is 5. The SMILES string of the molecule is CC(C)(C)OC(=O)[C@@](CN)(C(=O)O)c1ccsc1. The molecule has 0 amide bonds. The van der Waals surface area contributed by atoms with Crippen molar-refractivity contribution < 1.29 is 19.4 Å². The van der Waals surface area contributed by atoms with Crippen LogP contribution in [0.1, 0.15) is 26.3 Å². The number of carboxylic acids is 1. The molecule has 0 aliphatic carbocycles. The van der Waals surface area contributed by atoms with Gasteiger partial charge in [-0.05, 0) is 43.2 Å². The second kappa shape index (κ2) is 5.07. The highest BCUT2D eigenvalue weighted by atomic mass is 32.1. The van der Waals surface area contributed by atoms with Crippen molar-refractivity contribution in [3.05, 3.63) is 22.4 Å². The number of esters is 1. The number of ether oxygens (including phenoxy) is 1. The fourth-order valence-electron chi connectivity index (χ4n) is 1.49. The summed E-state index contributed by atoms with van der Waals surface area (Å²) in [5.41, 5.74) is 3.31. The summed E-state index contributed by atoms with van der Waals surface area (Å²) in [5.74, 6) is -2.12. The molecule has 0 spiro atoms. The molecule has 0 unspecified atom stereocenters. The van der Waals surface area contributed by atoms with Crippen molar-refractivity contribution in [1.29, 1.82) is 0 Å². The lowest BCUT2D eigenvalue weighted by Crippen LogP contribution is -2.52. The third-order valence-electron chi connectivity index (χ3n) is 2.43. The van der Waals surface area contributed by atoms with Gasteiger partial charge in [0.1, 0.15) is 5.60 Å². The van der Waals surface area contributed by atoms with Crippen molar-refractivity contribution in [2.45, 2.75) is 31.8 Å². The first-order valence-corrected chi connectivity index (χ1v) is 6.38. The van der Waals surface area contributed by atoms with Crippen molar-refractivity contribution in [3.8, 4) is 0 Å². The molecule has 0 aliphatic heterocycles. The van der Waals surface area contributed by atoms with Crippen molar-refractivity contribution in [3.63, 3.8) is 0 Å². The Morgan fingerprint density at radius 1 is 1.44 bits per heavy atom. The van der Waals surface area contributed by atoms with E-state index in [1.165, 1.54) is 11.3 Å². The second-order valence-electron chi connectivity index (χ2n) is 4.93. The van der Waals surface area contributed by atoms with Gasteiger partial charge in [0.25, 0.3) is 0 Å². The van der Waals surface area contributed by atoms with Crippen LogP contribution in [0.3, 0.4) is 0 Å². The normalized spacial score (nSPS) is 14.9. The molecule has 0 bridgehead atoms. The van der Waals surface area contributed by atoms with E-state index in [1.54, 1.807) is 37.6 Å². The molecule has 1 aromatic rings. The molecule has 1 atom stereocenters. The number of carbonyl (C=O) groups excluding carboxylic acids is 1. The molecule has 1 heterocycles. The summed E-state index contributed by atoms with van der Waals surface area (Å²) in [6, 6.07) is 1.58. The summed E-state index contributed by atoms with van der Waals surface area (Å²) in [5, 5.41) is 12.7. The molecule has 3 N–H and O–H groups in total. The van der Waals surface area contributed by atoms with Crippen molar-refractivity contribution in [2.24, 2.45) is 5.73 Å². The molecule has 1 aromatic heterocycles. The molecule has 0 fully saturated rings. The molecule has 18 heavy (non-hydrogen) atoms. The van der Waals surface area contributed by atoms with Gasteiger partial charge in [0.2, 0.25) is 5.41 Å². The average Bonchev–Trinajstić information content (AvgIpc) is 2.69. The number of carboxylic acid groups (broad SMARTS) is 1. The quantitative estimate of drug-likeness (QED) is 0.637. The Morgan fingerprint density at radius 2 is 2.06 bits per heavy atom. The summed E-state index contributed by atoms with van der Waals surface area (Å²) in [6.45, 7) is 4.71. The van der Waals surface area contributed by atoms with Crippen LogP contribution in [0.25, 0.3) is 0 Å². The Hall–Kier alpha value is -1.40. The Kier molecular flexibility index (Phi) is 4.13. The standard InChI is InChI=1S/C12H17NO4S/c1-11(2,3)17-10(16)12(7-13,9(14)15)8-4-5-18-6-8/h4-6H,7,13H2,1-3H3,(H,14,15)/t12-/m1/s1. The molecule has 0 radical (unpaired) electrons. The first-order valence-electron chi connectivity index (χ1n) is 5.43. The van der Waals surface area contributed by atoms with E-state index >= 15 is 0 Å². The van der Waals surface area contributed by atoms with E-state index in [2.05, 4.69) is 0 Å². The van der Waals surface area contributed by atoms with Crippen LogP contribution in [0.4, 0.5) is 0 Å². The summed E-state index contributed by atoms with van der Waals surface area (Å²) in [6.07, 6.45) is 0. The average molecular weight is 271 g/mol. The van der Waals surface area contributed by atoms with Crippen molar-refractivity contribution in [1.82, 2.24) is 0 Å². The van der Waals surface area contributed by atoms with Crippen LogP contribution >= 0.6 is 11.3 Å². The summed E-state index contributed by atoms with van der Waals surface area (Å²) < 4.78 is 5.18. The summed E-state index contributed by atoms with van der Waals surface area (Å²) in [4.78, 5) is 23.7. The first kappa shape index (κ1) is 14.7. The molecule has 100 valence electrons. The van der Waals surface area contributed by atoms with Gasteiger partial charge in [0.15, 0.2) is 0 Å². The van der Waals surface area contributed by atoms with Crippen LogP contribution in [-0.4, -0.2) is 29.2 Å². The molecule has 6 heteroatoms. The zero-order chi connectivity index (χ0) is 14.0. The maximum Gasteiger partial charge on any atom is 0.329 e. The minimum absolute atomic E-state index is 0.339. The van der Waals surface area contributed by atoms with E-state index in [0.29, 0.717) is 5.56 Å². The van der Waals surface area contributed by atoms with Gasteiger partial charge in [-0.1, -0.05) is 0 Å². The Morgan fingerprint density at radius 3 is 2.39 bits per heavy atom. The predicted molar refractivity (Wildman–Crippen MR) is 68.5 cm³/mol. The molecule has 0 saturated heterocycles. The van der Waals surface area contributed by atoms with Gasteiger partial charge >= 0.3 is 11.9 Å². The van der Waals surface area contributed by atoms with E-state index in [9.17, 15) is 14.7 Å². The molecular formula is C12H17NO4S. The zero-order valence-corrected chi connectivity index (χ0v) is 11.4. The Bertz CT molecular complexity index is 435. The molecular weight excluding hydrogens is 254 g/mol. The van der Waals surface area contributed by atoms with Gasteiger partial charge in [-0.2, -0.15) is 11.3 Å². The molecule has 1 rings (SSSR count). The number of thiophene rings is 1. The van der Waals surface area contributed by atoms with Crippen LogP contribution in [-0.2, 0) is 19.7 Å². The van der Waals surface area contributed by atoms with Gasteiger partial charge in [-0.3, -0.25) is 9.59 Å².